The van der Waals surface area contributed by atoms with Crippen LogP contribution in [0.2, 0.25) is 0 Å². The molecule has 0 spiro atoms. The van der Waals surface area contributed by atoms with Crippen LogP contribution in [0.4, 0.5) is 4.39 Å². The van der Waals surface area contributed by atoms with Crippen molar-refractivity contribution in [3.05, 3.63) is 42.6 Å². The Kier molecular flexibility index (Phi) is 3.69. The number of aromatic nitrogens is 2. The van der Waals surface area contributed by atoms with Crippen LogP contribution >= 0.6 is 0 Å². The third-order valence-electron chi connectivity index (χ3n) is 2.24. The molecular weight excluding hydrogens is 237 g/mol. The van der Waals surface area contributed by atoms with E-state index in [0.29, 0.717) is 24.5 Å². The maximum atomic E-state index is 13.2. The lowest BCUT2D eigenvalue weighted by Gasteiger charge is -1.97. The topological polar surface area (TPSA) is 71.2 Å². The fourth-order valence-electron chi connectivity index (χ4n) is 1.37. The average Bonchev–Trinajstić information content (AvgIpc) is 2.82. The van der Waals surface area contributed by atoms with E-state index in [2.05, 4.69) is 22.0 Å². The van der Waals surface area contributed by atoms with Crippen molar-refractivity contribution in [3.8, 4) is 17.1 Å². The Hall–Kier alpha value is -2.21. The van der Waals surface area contributed by atoms with Gasteiger partial charge in [-0.3, -0.25) is 0 Å². The molecule has 6 heteroatoms. The molecule has 2 aromatic rings. The summed E-state index contributed by atoms with van der Waals surface area (Å²) in [5.74, 6) is -0.441. The van der Waals surface area contributed by atoms with E-state index < -0.39 is 11.6 Å². The van der Waals surface area contributed by atoms with Crippen molar-refractivity contribution in [1.29, 1.82) is 0 Å². The monoisotopic (exact) mass is 249 g/mol. The Balaban J connectivity index is 2.13. The molecule has 2 N–H and O–H groups in total. The summed E-state index contributed by atoms with van der Waals surface area (Å²) in [5.41, 5.74) is 0.448. The standard InChI is InChI=1S/C12H12FN3O2/c1-2-5-14-7-11-15-12(16-18-11)8-3-4-10(17)9(13)6-8/h2-4,6,14,17H,1,5,7H2. The first kappa shape index (κ1) is 12.3. The minimum absolute atomic E-state index is 0.282. The summed E-state index contributed by atoms with van der Waals surface area (Å²) in [6.45, 7) is 4.61. The van der Waals surface area contributed by atoms with Crippen molar-refractivity contribution < 1.29 is 14.0 Å². The van der Waals surface area contributed by atoms with Crippen LogP contribution in [0.3, 0.4) is 0 Å². The molecule has 0 saturated carbocycles. The van der Waals surface area contributed by atoms with Gasteiger partial charge in [-0.15, -0.1) is 6.58 Å². The second kappa shape index (κ2) is 5.42. The number of rotatable bonds is 5. The first-order chi connectivity index (χ1) is 8.70. The minimum atomic E-state index is -0.719. The van der Waals surface area contributed by atoms with Crippen LogP contribution in [0.25, 0.3) is 11.4 Å². The van der Waals surface area contributed by atoms with Crippen molar-refractivity contribution in [3.63, 3.8) is 0 Å². The molecular formula is C12H12FN3O2. The van der Waals surface area contributed by atoms with E-state index in [9.17, 15) is 4.39 Å². The molecule has 0 fully saturated rings. The van der Waals surface area contributed by atoms with Gasteiger partial charge in [0, 0.05) is 12.1 Å². The lowest BCUT2D eigenvalue weighted by atomic mass is 10.2. The molecule has 1 heterocycles. The van der Waals surface area contributed by atoms with Crippen LogP contribution in [0.5, 0.6) is 5.75 Å². The highest BCUT2D eigenvalue weighted by Crippen LogP contribution is 2.22. The van der Waals surface area contributed by atoms with E-state index in [1.54, 1.807) is 6.08 Å². The Morgan fingerprint density at radius 1 is 1.50 bits per heavy atom. The van der Waals surface area contributed by atoms with Gasteiger partial charge in [0.15, 0.2) is 11.6 Å². The van der Waals surface area contributed by atoms with Gasteiger partial charge in [-0.1, -0.05) is 11.2 Å². The molecule has 2 rings (SSSR count). The summed E-state index contributed by atoms with van der Waals surface area (Å²) in [6.07, 6.45) is 1.71. The summed E-state index contributed by atoms with van der Waals surface area (Å²) < 4.78 is 18.2. The van der Waals surface area contributed by atoms with Crippen LogP contribution < -0.4 is 5.32 Å². The van der Waals surface area contributed by atoms with E-state index in [-0.39, 0.29) is 5.82 Å². The van der Waals surface area contributed by atoms with Gasteiger partial charge < -0.3 is 14.9 Å². The number of halogens is 1. The van der Waals surface area contributed by atoms with Gasteiger partial charge in [0.05, 0.1) is 6.54 Å². The molecule has 0 aliphatic heterocycles. The molecule has 0 amide bonds. The number of phenols is 1. The maximum absolute atomic E-state index is 13.2. The first-order valence-corrected chi connectivity index (χ1v) is 5.34. The second-order valence-corrected chi connectivity index (χ2v) is 3.60. The number of phenolic OH excluding ortho intramolecular Hbond substituents is 1. The minimum Gasteiger partial charge on any atom is -0.505 e. The molecule has 1 aromatic heterocycles. The number of hydrogen-bond acceptors (Lipinski definition) is 5. The first-order valence-electron chi connectivity index (χ1n) is 5.34. The van der Waals surface area contributed by atoms with Crippen LogP contribution in [0, 0.1) is 5.82 Å². The van der Waals surface area contributed by atoms with Crippen molar-refractivity contribution in [2.45, 2.75) is 6.54 Å². The highest BCUT2D eigenvalue weighted by atomic mass is 19.1. The lowest BCUT2D eigenvalue weighted by Crippen LogP contribution is -2.12. The van der Waals surface area contributed by atoms with Crippen LogP contribution in [-0.4, -0.2) is 21.8 Å². The quantitative estimate of drug-likeness (QED) is 0.625. The van der Waals surface area contributed by atoms with E-state index >= 15 is 0 Å². The fourth-order valence-corrected chi connectivity index (χ4v) is 1.37. The van der Waals surface area contributed by atoms with Gasteiger partial charge in [-0.05, 0) is 18.2 Å². The zero-order valence-electron chi connectivity index (χ0n) is 9.56. The van der Waals surface area contributed by atoms with Crippen molar-refractivity contribution >= 4 is 0 Å². The zero-order chi connectivity index (χ0) is 13.0. The molecule has 0 aliphatic carbocycles. The predicted octanol–water partition coefficient (Wildman–Crippen LogP) is 1.86. The predicted molar refractivity (Wildman–Crippen MR) is 63.3 cm³/mol. The molecule has 94 valence electrons. The summed E-state index contributed by atoms with van der Waals surface area (Å²) in [5, 5.41) is 15.8. The number of hydrogen-bond donors (Lipinski definition) is 2. The van der Waals surface area contributed by atoms with Gasteiger partial charge in [-0.25, -0.2) is 4.39 Å². The smallest absolute Gasteiger partial charge is 0.240 e. The molecule has 0 aliphatic rings. The normalized spacial score (nSPS) is 10.5. The summed E-state index contributed by atoms with van der Waals surface area (Å²) in [7, 11) is 0. The molecule has 0 radical (unpaired) electrons. The largest absolute Gasteiger partial charge is 0.505 e. The number of aromatic hydroxyl groups is 1. The zero-order valence-corrected chi connectivity index (χ0v) is 9.56. The van der Waals surface area contributed by atoms with Crippen LogP contribution in [0.1, 0.15) is 5.89 Å². The summed E-state index contributed by atoms with van der Waals surface area (Å²) >= 11 is 0. The third-order valence-corrected chi connectivity index (χ3v) is 2.24. The summed E-state index contributed by atoms with van der Waals surface area (Å²) in [6, 6.07) is 3.92. The maximum Gasteiger partial charge on any atom is 0.240 e. The van der Waals surface area contributed by atoms with Crippen LogP contribution in [-0.2, 0) is 6.54 Å². The number of nitrogens with zero attached hydrogens (tertiary/aromatic N) is 2. The van der Waals surface area contributed by atoms with Gasteiger partial charge >= 0.3 is 0 Å². The summed E-state index contributed by atoms with van der Waals surface area (Å²) in [4.78, 5) is 4.10. The SMILES string of the molecule is C=CCNCc1nc(-c2ccc(O)c(F)c2)no1. The molecule has 0 unspecified atom stereocenters. The molecule has 0 saturated heterocycles. The van der Waals surface area contributed by atoms with Gasteiger partial charge in [-0.2, -0.15) is 4.98 Å². The van der Waals surface area contributed by atoms with E-state index in [1.165, 1.54) is 12.1 Å². The molecule has 18 heavy (non-hydrogen) atoms. The van der Waals surface area contributed by atoms with Crippen LogP contribution in [0.15, 0.2) is 35.4 Å². The third kappa shape index (κ3) is 2.72. The second-order valence-electron chi connectivity index (χ2n) is 3.60. The fraction of sp³-hybridized carbons (Fsp3) is 0.167. The highest BCUT2D eigenvalue weighted by molar-refractivity contribution is 5.55. The van der Waals surface area contributed by atoms with Gasteiger partial charge in [0.1, 0.15) is 0 Å². The van der Waals surface area contributed by atoms with E-state index in [4.69, 9.17) is 9.63 Å². The van der Waals surface area contributed by atoms with Crippen molar-refractivity contribution in [2.75, 3.05) is 6.54 Å². The average molecular weight is 249 g/mol. The molecule has 0 bridgehead atoms. The Labute approximate surface area is 103 Å². The van der Waals surface area contributed by atoms with Crippen molar-refractivity contribution in [2.24, 2.45) is 0 Å². The lowest BCUT2D eigenvalue weighted by molar-refractivity contribution is 0.370. The number of benzene rings is 1. The van der Waals surface area contributed by atoms with Gasteiger partial charge in [0.2, 0.25) is 11.7 Å². The highest BCUT2D eigenvalue weighted by Gasteiger charge is 2.10. The van der Waals surface area contributed by atoms with Crippen molar-refractivity contribution in [1.82, 2.24) is 15.5 Å². The van der Waals surface area contributed by atoms with Gasteiger partial charge in [0.25, 0.3) is 0 Å². The molecule has 5 nitrogen and oxygen atoms in total. The van der Waals surface area contributed by atoms with E-state index in [1.807, 2.05) is 0 Å². The Bertz CT molecular complexity index is 554. The number of nitrogens with one attached hydrogen (secondary N) is 1. The van der Waals surface area contributed by atoms with E-state index in [0.717, 1.165) is 6.07 Å². The Morgan fingerprint density at radius 2 is 2.33 bits per heavy atom. The molecule has 1 aromatic carbocycles. The Morgan fingerprint density at radius 3 is 3.06 bits per heavy atom. The molecule has 0 atom stereocenters.